The Labute approximate surface area is 145 Å². The van der Waals surface area contributed by atoms with E-state index in [4.69, 9.17) is 17.5 Å². The van der Waals surface area contributed by atoms with Crippen molar-refractivity contribution in [3.8, 4) is 6.07 Å². The van der Waals surface area contributed by atoms with E-state index in [2.05, 4.69) is 20.6 Å². The fourth-order valence-electron chi connectivity index (χ4n) is 2.21. The van der Waals surface area contributed by atoms with Crippen molar-refractivity contribution in [3.05, 3.63) is 63.8 Å². The smallest absolute Gasteiger partial charge is 0.323 e. The lowest BCUT2D eigenvalue weighted by Gasteiger charge is -2.10. The molecule has 0 spiro atoms. The van der Waals surface area contributed by atoms with Gasteiger partial charge in [0.15, 0.2) is 5.11 Å². The van der Waals surface area contributed by atoms with E-state index in [-0.39, 0.29) is 21.9 Å². The molecule has 1 heterocycles. The number of carbonyl (C=O) groups excluding carboxylic acids is 1. The molecule has 3 rings (SSSR count). The second kappa shape index (κ2) is 6.54. The lowest BCUT2D eigenvalue weighted by Crippen LogP contribution is -2.34. The largest absolute Gasteiger partial charge is 0.332 e. The molecule has 4 N–H and O–H groups in total. The standard InChI is InChI=1S/C16H10FN5O2S/c17-11-5-8(7-18)1-3-10(11)14(23)22-16(25)19-9-2-4-12-13(6-9)21-15(24)20-12/h1-6H,(H2,20,21,24)(H2,19,22,23,25). The highest BCUT2D eigenvalue weighted by Crippen LogP contribution is 2.14. The predicted molar refractivity (Wildman–Crippen MR) is 93.7 cm³/mol. The maximum Gasteiger partial charge on any atom is 0.323 e. The Bertz CT molecular complexity index is 1100. The molecule has 7 nitrogen and oxygen atoms in total. The van der Waals surface area contributed by atoms with Crippen LogP contribution in [-0.2, 0) is 0 Å². The van der Waals surface area contributed by atoms with Gasteiger partial charge in [0.05, 0.1) is 28.2 Å². The zero-order valence-corrected chi connectivity index (χ0v) is 13.3. The quantitative estimate of drug-likeness (QED) is 0.525. The minimum Gasteiger partial charge on any atom is -0.332 e. The Morgan fingerprint density at radius 3 is 2.64 bits per heavy atom. The molecule has 0 saturated carbocycles. The molecule has 0 saturated heterocycles. The number of imidazole rings is 1. The van der Waals surface area contributed by atoms with E-state index in [1.54, 1.807) is 24.3 Å². The summed E-state index contributed by atoms with van der Waals surface area (Å²) in [6.45, 7) is 0. The van der Waals surface area contributed by atoms with Crippen molar-refractivity contribution in [1.82, 2.24) is 15.3 Å². The fourth-order valence-corrected chi connectivity index (χ4v) is 2.42. The van der Waals surface area contributed by atoms with Gasteiger partial charge in [-0.25, -0.2) is 9.18 Å². The second-order valence-corrected chi connectivity index (χ2v) is 5.46. The highest BCUT2D eigenvalue weighted by atomic mass is 32.1. The van der Waals surface area contributed by atoms with Gasteiger partial charge in [-0.3, -0.25) is 10.1 Å². The van der Waals surface area contributed by atoms with Gasteiger partial charge in [0.25, 0.3) is 5.91 Å². The first-order valence-electron chi connectivity index (χ1n) is 7.00. The van der Waals surface area contributed by atoms with E-state index in [0.29, 0.717) is 16.7 Å². The maximum absolute atomic E-state index is 13.8. The van der Waals surface area contributed by atoms with Crippen LogP contribution in [0.3, 0.4) is 0 Å². The molecule has 0 aliphatic heterocycles. The van der Waals surface area contributed by atoms with Gasteiger partial charge in [-0.15, -0.1) is 0 Å². The molecule has 124 valence electrons. The van der Waals surface area contributed by atoms with Crippen molar-refractivity contribution in [3.63, 3.8) is 0 Å². The van der Waals surface area contributed by atoms with E-state index < -0.39 is 11.7 Å². The van der Waals surface area contributed by atoms with Crippen LogP contribution < -0.4 is 16.3 Å². The molecule has 0 unspecified atom stereocenters. The van der Waals surface area contributed by atoms with Crippen LogP contribution in [0.4, 0.5) is 10.1 Å². The Hall–Kier alpha value is -3.51. The number of benzene rings is 2. The summed E-state index contributed by atoms with van der Waals surface area (Å²) in [5.41, 5.74) is 1.29. The molecule has 25 heavy (non-hydrogen) atoms. The first-order valence-corrected chi connectivity index (χ1v) is 7.41. The third-order valence-corrected chi connectivity index (χ3v) is 3.55. The lowest BCUT2D eigenvalue weighted by atomic mass is 10.1. The fraction of sp³-hybridized carbons (Fsp3) is 0. The van der Waals surface area contributed by atoms with Crippen molar-refractivity contribution in [2.75, 3.05) is 5.32 Å². The summed E-state index contributed by atoms with van der Waals surface area (Å²) in [5, 5.41) is 13.8. The first kappa shape index (κ1) is 16.4. The number of nitrogens with zero attached hydrogens (tertiary/aromatic N) is 1. The number of amides is 1. The number of aromatic amines is 2. The van der Waals surface area contributed by atoms with Gasteiger partial charge in [0.1, 0.15) is 5.82 Å². The zero-order valence-electron chi connectivity index (χ0n) is 12.5. The van der Waals surface area contributed by atoms with Gasteiger partial charge in [-0.1, -0.05) is 0 Å². The van der Waals surface area contributed by atoms with Crippen molar-refractivity contribution in [2.45, 2.75) is 0 Å². The van der Waals surface area contributed by atoms with Gasteiger partial charge >= 0.3 is 5.69 Å². The molecule has 0 aliphatic rings. The molecular weight excluding hydrogens is 345 g/mol. The van der Waals surface area contributed by atoms with Crippen LogP contribution in [0.1, 0.15) is 15.9 Å². The molecule has 1 amide bonds. The van der Waals surface area contributed by atoms with Gasteiger partial charge in [0, 0.05) is 5.69 Å². The highest BCUT2D eigenvalue weighted by Gasteiger charge is 2.14. The number of fused-ring (bicyclic) bond motifs is 1. The van der Waals surface area contributed by atoms with Crippen molar-refractivity contribution >= 4 is 40.0 Å². The van der Waals surface area contributed by atoms with Crippen LogP contribution in [0.15, 0.2) is 41.2 Å². The summed E-state index contributed by atoms with van der Waals surface area (Å²) >= 11 is 5.03. The molecule has 3 aromatic rings. The van der Waals surface area contributed by atoms with Crippen LogP contribution >= 0.6 is 12.2 Å². The summed E-state index contributed by atoms with van der Waals surface area (Å²) in [6, 6.07) is 10.3. The molecule has 0 radical (unpaired) electrons. The third-order valence-electron chi connectivity index (χ3n) is 3.34. The number of rotatable bonds is 2. The van der Waals surface area contributed by atoms with Crippen LogP contribution in [0.5, 0.6) is 0 Å². The Kier molecular flexibility index (Phi) is 4.28. The van der Waals surface area contributed by atoms with Crippen LogP contribution in [-0.4, -0.2) is 21.0 Å². The molecule has 0 aliphatic carbocycles. The number of anilines is 1. The van der Waals surface area contributed by atoms with Crippen molar-refractivity contribution in [1.29, 1.82) is 5.26 Å². The molecule has 0 atom stereocenters. The van der Waals surface area contributed by atoms with Crippen LogP contribution in [0, 0.1) is 17.1 Å². The van der Waals surface area contributed by atoms with E-state index in [0.717, 1.165) is 6.07 Å². The maximum atomic E-state index is 13.8. The van der Waals surface area contributed by atoms with Crippen LogP contribution in [0.25, 0.3) is 11.0 Å². The number of hydrogen-bond acceptors (Lipinski definition) is 4. The molecule has 1 aromatic heterocycles. The summed E-state index contributed by atoms with van der Waals surface area (Å²) < 4.78 is 13.8. The first-order chi connectivity index (χ1) is 12.0. The van der Waals surface area contributed by atoms with Gasteiger partial charge < -0.3 is 15.3 Å². The molecule has 2 aromatic carbocycles. The van der Waals surface area contributed by atoms with Gasteiger partial charge in [-0.2, -0.15) is 5.26 Å². The monoisotopic (exact) mass is 355 g/mol. The summed E-state index contributed by atoms with van der Waals surface area (Å²) in [5.74, 6) is -1.55. The van der Waals surface area contributed by atoms with E-state index in [1.165, 1.54) is 12.1 Å². The summed E-state index contributed by atoms with van der Waals surface area (Å²) in [6.07, 6.45) is 0. The topological polar surface area (TPSA) is 114 Å². The molecular formula is C16H10FN5O2S. The summed E-state index contributed by atoms with van der Waals surface area (Å²) in [4.78, 5) is 28.5. The predicted octanol–water partition coefficient (Wildman–Crippen LogP) is 1.99. The number of thiocarbonyl (C=S) groups is 1. The van der Waals surface area contributed by atoms with Gasteiger partial charge in [-0.05, 0) is 48.6 Å². The second-order valence-electron chi connectivity index (χ2n) is 5.05. The minimum atomic E-state index is -0.814. The number of aromatic nitrogens is 2. The van der Waals surface area contributed by atoms with E-state index >= 15 is 0 Å². The SMILES string of the molecule is N#Cc1ccc(C(=O)NC(=S)Nc2ccc3[nH]c(=O)[nH]c3c2)c(F)c1. The van der Waals surface area contributed by atoms with E-state index in [9.17, 15) is 14.0 Å². The summed E-state index contributed by atoms with van der Waals surface area (Å²) in [7, 11) is 0. The molecule has 0 fully saturated rings. The van der Waals surface area contributed by atoms with Crippen molar-refractivity contribution < 1.29 is 9.18 Å². The number of carbonyl (C=O) groups is 1. The van der Waals surface area contributed by atoms with Crippen LogP contribution in [0.2, 0.25) is 0 Å². The van der Waals surface area contributed by atoms with Crippen molar-refractivity contribution in [2.24, 2.45) is 0 Å². The zero-order chi connectivity index (χ0) is 18.0. The van der Waals surface area contributed by atoms with E-state index in [1.807, 2.05) is 0 Å². The number of nitrogens with one attached hydrogen (secondary N) is 4. The number of H-pyrrole nitrogens is 2. The number of nitriles is 1. The average molecular weight is 355 g/mol. The Balaban J connectivity index is 1.71. The minimum absolute atomic E-state index is 0.0361. The Morgan fingerprint density at radius 1 is 1.16 bits per heavy atom. The average Bonchev–Trinajstić information content (AvgIpc) is 2.93. The lowest BCUT2D eigenvalue weighted by molar-refractivity contribution is 0.0974. The third kappa shape index (κ3) is 3.54. The number of halogens is 1. The molecule has 0 bridgehead atoms. The van der Waals surface area contributed by atoms with Gasteiger partial charge in [0.2, 0.25) is 0 Å². The highest BCUT2D eigenvalue weighted by molar-refractivity contribution is 7.80. The number of hydrogen-bond donors (Lipinski definition) is 4. The Morgan fingerprint density at radius 2 is 1.92 bits per heavy atom. The molecule has 9 heteroatoms. The normalized spacial score (nSPS) is 10.2.